The number of halogens is 1. The summed E-state index contributed by atoms with van der Waals surface area (Å²) in [7, 11) is 0. The van der Waals surface area contributed by atoms with Crippen LogP contribution in [0.2, 0.25) is 0 Å². The van der Waals surface area contributed by atoms with E-state index in [4.69, 9.17) is 14.2 Å². The van der Waals surface area contributed by atoms with Gasteiger partial charge in [0.15, 0.2) is 12.5 Å². The monoisotopic (exact) mass is 146 g/mol. The van der Waals surface area contributed by atoms with Crippen LogP contribution in [0.5, 0.6) is 0 Å². The molecule has 10 heavy (non-hydrogen) atoms. The second-order valence-electron chi connectivity index (χ2n) is 2.89. The number of fused-ring (bicyclic) bond motifs is 4. The van der Waals surface area contributed by atoms with Gasteiger partial charge in [-0.15, -0.1) is 0 Å². The SMILES string of the molecule is F[C@@H]1[C@H]2O[C@H]2[C@@H]2OC[C@H]1O2. The molecule has 56 valence electrons. The highest BCUT2D eigenvalue weighted by Crippen LogP contribution is 2.42. The summed E-state index contributed by atoms with van der Waals surface area (Å²) in [5, 5.41) is 0. The third kappa shape index (κ3) is 0.504. The van der Waals surface area contributed by atoms with Crippen molar-refractivity contribution < 1.29 is 18.6 Å². The molecule has 3 heterocycles. The highest BCUT2D eigenvalue weighted by molar-refractivity contribution is 5.03. The smallest absolute Gasteiger partial charge is 0.187 e. The summed E-state index contributed by atoms with van der Waals surface area (Å²) >= 11 is 0. The Labute approximate surface area is 57.1 Å². The van der Waals surface area contributed by atoms with Crippen LogP contribution in [-0.2, 0) is 14.2 Å². The molecule has 0 aromatic heterocycles. The van der Waals surface area contributed by atoms with Crippen LogP contribution in [0.15, 0.2) is 0 Å². The minimum Gasteiger partial charge on any atom is -0.361 e. The van der Waals surface area contributed by atoms with E-state index in [1.807, 2.05) is 0 Å². The minimum atomic E-state index is -0.969. The van der Waals surface area contributed by atoms with Gasteiger partial charge in [-0.3, -0.25) is 0 Å². The van der Waals surface area contributed by atoms with Gasteiger partial charge in [-0.25, -0.2) is 4.39 Å². The van der Waals surface area contributed by atoms with Crippen molar-refractivity contribution in [3.05, 3.63) is 0 Å². The average molecular weight is 146 g/mol. The number of rotatable bonds is 0. The number of hydrogen-bond acceptors (Lipinski definition) is 3. The van der Waals surface area contributed by atoms with Crippen LogP contribution < -0.4 is 0 Å². The van der Waals surface area contributed by atoms with Gasteiger partial charge in [-0.05, 0) is 0 Å². The largest absolute Gasteiger partial charge is 0.361 e. The van der Waals surface area contributed by atoms with Crippen LogP contribution in [0.25, 0.3) is 0 Å². The van der Waals surface area contributed by atoms with Crippen LogP contribution in [0, 0.1) is 0 Å². The second kappa shape index (κ2) is 1.52. The molecule has 0 aromatic rings. The first-order chi connectivity index (χ1) is 4.86. The number of alkyl halides is 1. The van der Waals surface area contributed by atoms with E-state index in [9.17, 15) is 4.39 Å². The zero-order chi connectivity index (χ0) is 6.72. The van der Waals surface area contributed by atoms with E-state index >= 15 is 0 Å². The molecule has 3 rings (SSSR count). The van der Waals surface area contributed by atoms with E-state index in [0.717, 1.165) is 0 Å². The molecule has 2 bridgehead atoms. The summed E-state index contributed by atoms with van der Waals surface area (Å²) in [4.78, 5) is 0. The maximum absolute atomic E-state index is 13.0. The van der Waals surface area contributed by atoms with E-state index in [-0.39, 0.29) is 24.6 Å². The van der Waals surface area contributed by atoms with Gasteiger partial charge in [0.05, 0.1) is 6.61 Å². The maximum atomic E-state index is 13.0. The summed E-state index contributed by atoms with van der Waals surface area (Å²) in [6.45, 7) is 0.391. The van der Waals surface area contributed by atoms with Gasteiger partial charge in [0.2, 0.25) is 0 Å². The zero-order valence-corrected chi connectivity index (χ0v) is 5.20. The van der Waals surface area contributed by atoms with Crippen LogP contribution in [0.1, 0.15) is 0 Å². The van der Waals surface area contributed by atoms with Gasteiger partial charge in [0, 0.05) is 0 Å². The van der Waals surface area contributed by atoms with E-state index < -0.39 is 6.17 Å². The molecule has 3 saturated heterocycles. The predicted octanol–water partition coefficient (Wildman–Crippen LogP) is -0.153. The van der Waals surface area contributed by atoms with Crippen molar-refractivity contribution in [2.75, 3.05) is 6.61 Å². The fourth-order valence-corrected chi connectivity index (χ4v) is 1.60. The Balaban J connectivity index is 1.91. The average Bonchev–Trinajstić information content (AvgIpc) is 2.61. The third-order valence-corrected chi connectivity index (χ3v) is 2.23. The highest BCUT2D eigenvalue weighted by Gasteiger charge is 2.62. The van der Waals surface area contributed by atoms with Crippen molar-refractivity contribution in [3.63, 3.8) is 0 Å². The predicted molar refractivity (Wildman–Crippen MR) is 28.2 cm³/mol. The van der Waals surface area contributed by atoms with E-state index in [2.05, 4.69) is 0 Å². The molecule has 3 nitrogen and oxygen atoms in total. The van der Waals surface area contributed by atoms with E-state index in [0.29, 0.717) is 6.61 Å². The Morgan fingerprint density at radius 2 is 2.10 bits per heavy atom. The lowest BCUT2D eigenvalue weighted by molar-refractivity contribution is -0.0917. The van der Waals surface area contributed by atoms with E-state index in [1.54, 1.807) is 0 Å². The lowest BCUT2D eigenvalue weighted by atomic mass is 10.1. The van der Waals surface area contributed by atoms with Crippen LogP contribution in [0.4, 0.5) is 4.39 Å². The molecule has 0 saturated carbocycles. The molecule has 4 heteroatoms. The van der Waals surface area contributed by atoms with Gasteiger partial charge >= 0.3 is 0 Å². The van der Waals surface area contributed by atoms with Crippen LogP contribution >= 0.6 is 0 Å². The molecule has 0 amide bonds. The van der Waals surface area contributed by atoms with Gasteiger partial charge in [-0.1, -0.05) is 0 Å². The third-order valence-electron chi connectivity index (χ3n) is 2.23. The Kier molecular flexibility index (Phi) is 0.829. The van der Waals surface area contributed by atoms with Gasteiger partial charge in [0.1, 0.15) is 18.3 Å². The Bertz CT molecular complexity index is 172. The summed E-state index contributed by atoms with van der Waals surface area (Å²) in [6, 6.07) is 0. The summed E-state index contributed by atoms with van der Waals surface area (Å²) in [5.41, 5.74) is 0. The Morgan fingerprint density at radius 1 is 1.20 bits per heavy atom. The Hall–Kier alpha value is -0.190. The van der Waals surface area contributed by atoms with Crippen molar-refractivity contribution in [1.29, 1.82) is 0 Å². The molecule has 3 fully saturated rings. The quantitative estimate of drug-likeness (QED) is 0.445. The molecular weight excluding hydrogens is 139 g/mol. The molecule has 0 spiro atoms. The molecule has 0 N–H and O–H groups in total. The fraction of sp³-hybridized carbons (Fsp3) is 1.00. The number of epoxide rings is 1. The second-order valence-corrected chi connectivity index (χ2v) is 2.89. The summed E-state index contributed by atoms with van der Waals surface area (Å²) in [5.74, 6) is 0. The number of ether oxygens (including phenoxy) is 3. The van der Waals surface area contributed by atoms with Crippen molar-refractivity contribution in [3.8, 4) is 0 Å². The van der Waals surface area contributed by atoms with Crippen molar-refractivity contribution in [2.45, 2.75) is 30.8 Å². The molecule has 0 aliphatic carbocycles. The fourth-order valence-electron chi connectivity index (χ4n) is 1.60. The lowest BCUT2D eigenvalue weighted by Gasteiger charge is -2.16. The van der Waals surface area contributed by atoms with Gasteiger partial charge in [-0.2, -0.15) is 0 Å². The Morgan fingerprint density at radius 3 is 3.00 bits per heavy atom. The topological polar surface area (TPSA) is 31.0 Å². The molecule has 0 aromatic carbocycles. The first-order valence-electron chi connectivity index (χ1n) is 3.43. The number of hydrogen-bond donors (Lipinski definition) is 0. The highest BCUT2D eigenvalue weighted by atomic mass is 19.1. The van der Waals surface area contributed by atoms with Crippen molar-refractivity contribution in [2.24, 2.45) is 0 Å². The molecule has 0 radical (unpaired) electrons. The van der Waals surface area contributed by atoms with Crippen LogP contribution in [0.3, 0.4) is 0 Å². The first-order valence-corrected chi connectivity index (χ1v) is 3.43. The van der Waals surface area contributed by atoms with Gasteiger partial charge in [0.25, 0.3) is 0 Å². The maximum Gasteiger partial charge on any atom is 0.187 e. The van der Waals surface area contributed by atoms with Crippen molar-refractivity contribution in [1.82, 2.24) is 0 Å². The first kappa shape index (κ1) is 5.46. The minimum absolute atomic E-state index is 0.117. The van der Waals surface area contributed by atoms with Crippen molar-refractivity contribution >= 4 is 0 Å². The zero-order valence-electron chi connectivity index (χ0n) is 5.20. The van der Waals surface area contributed by atoms with Crippen LogP contribution in [-0.4, -0.2) is 37.4 Å². The molecule has 0 unspecified atom stereocenters. The summed E-state index contributed by atoms with van der Waals surface area (Å²) < 4.78 is 28.2. The van der Waals surface area contributed by atoms with E-state index in [1.165, 1.54) is 0 Å². The molecule has 3 aliphatic heterocycles. The van der Waals surface area contributed by atoms with Gasteiger partial charge < -0.3 is 14.2 Å². The lowest BCUT2D eigenvalue weighted by Crippen LogP contribution is -2.36. The molecular formula is C6H7FO3. The standard InChI is InChI=1S/C6H7FO3/c7-3-2-1-8-6(9-2)5-4(3)10-5/h2-6H,1H2/t2-,3+,4-,5-,6-/m1/s1. The summed E-state index contributed by atoms with van der Waals surface area (Å²) in [6.07, 6.45) is -1.96. The molecule has 3 aliphatic rings. The molecule has 5 atom stereocenters. The normalized spacial score (nSPS) is 63.9.